The topological polar surface area (TPSA) is 75.6 Å². The first kappa shape index (κ1) is 17.9. The van der Waals surface area contributed by atoms with Crippen LogP contribution in [0.4, 0.5) is 4.79 Å². The number of hydrogen-bond acceptors (Lipinski definition) is 4. The van der Waals surface area contributed by atoms with E-state index >= 15 is 0 Å². The maximum Gasteiger partial charge on any atom is 0.408 e. The standard InChI is InChI=1S/C14H27NO4/c1-7-8-10(2)11(17)14(6,9-16)15-12(18)19-13(3,4)5/h10,16H,7-9H2,1-6H3,(H,15,18)/t10?,14-/m0/s1. The van der Waals surface area contributed by atoms with E-state index in [1.54, 1.807) is 27.7 Å². The molecule has 0 aliphatic heterocycles. The van der Waals surface area contributed by atoms with Crippen LogP contribution in [-0.2, 0) is 9.53 Å². The zero-order valence-electron chi connectivity index (χ0n) is 12.9. The summed E-state index contributed by atoms with van der Waals surface area (Å²) in [6.45, 7) is 10.1. The third-order valence-corrected chi connectivity index (χ3v) is 2.81. The molecule has 0 saturated heterocycles. The Morgan fingerprint density at radius 1 is 1.26 bits per heavy atom. The molecule has 0 rings (SSSR count). The maximum absolute atomic E-state index is 12.3. The average molecular weight is 273 g/mol. The summed E-state index contributed by atoms with van der Waals surface area (Å²) >= 11 is 0. The Bertz CT molecular complexity index is 322. The van der Waals surface area contributed by atoms with Crippen LogP contribution in [0.15, 0.2) is 0 Å². The zero-order valence-corrected chi connectivity index (χ0v) is 12.9. The lowest BCUT2D eigenvalue weighted by Crippen LogP contribution is -2.57. The number of rotatable bonds is 6. The van der Waals surface area contributed by atoms with E-state index in [2.05, 4.69) is 5.32 Å². The van der Waals surface area contributed by atoms with Crippen LogP contribution in [0.25, 0.3) is 0 Å². The van der Waals surface area contributed by atoms with Crippen molar-refractivity contribution >= 4 is 11.9 Å². The van der Waals surface area contributed by atoms with E-state index in [1.165, 1.54) is 6.92 Å². The lowest BCUT2D eigenvalue weighted by atomic mass is 9.86. The minimum atomic E-state index is -1.29. The minimum Gasteiger partial charge on any atom is -0.444 e. The van der Waals surface area contributed by atoms with E-state index in [0.29, 0.717) is 0 Å². The Morgan fingerprint density at radius 3 is 2.16 bits per heavy atom. The second kappa shape index (κ2) is 6.89. The normalized spacial score (nSPS) is 16.4. The van der Waals surface area contributed by atoms with Gasteiger partial charge in [0.05, 0.1) is 6.61 Å². The number of hydrogen-bond donors (Lipinski definition) is 2. The fraction of sp³-hybridized carbons (Fsp3) is 0.857. The van der Waals surface area contributed by atoms with Gasteiger partial charge in [0.25, 0.3) is 0 Å². The van der Waals surface area contributed by atoms with Gasteiger partial charge in [0.2, 0.25) is 0 Å². The molecule has 0 fully saturated rings. The Hall–Kier alpha value is -1.10. The van der Waals surface area contributed by atoms with Gasteiger partial charge in [0.1, 0.15) is 11.1 Å². The van der Waals surface area contributed by atoms with Gasteiger partial charge in [-0.3, -0.25) is 4.79 Å². The first-order valence-corrected chi connectivity index (χ1v) is 6.72. The Balaban J connectivity index is 4.78. The van der Waals surface area contributed by atoms with Crippen molar-refractivity contribution in [3.63, 3.8) is 0 Å². The predicted octanol–water partition coefficient (Wildman–Crippen LogP) is 2.27. The third-order valence-electron chi connectivity index (χ3n) is 2.81. The van der Waals surface area contributed by atoms with Gasteiger partial charge in [0, 0.05) is 5.92 Å². The smallest absolute Gasteiger partial charge is 0.408 e. The van der Waals surface area contributed by atoms with Gasteiger partial charge in [-0.05, 0) is 34.1 Å². The Kier molecular flexibility index (Phi) is 6.49. The fourth-order valence-corrected chi connectivity index (χ4v) is 1.82. The molecular weight excluding hydrogens is 246 g/mol. The summed E-state index contributed by atoms with van der Waals surface area (Å²) in [5.41, 5.74) is -1.94. The highest BCUT2D eigenvalue weighted by atomic mass is 16.6. The summed E-state index contributed by atoms with van der Waals surface area (Å²) in [5, 5.41) is 11.9. The number of Topliss-reactive ketones (excluding diaryl/α,β-unsaturated/α-hetero) is 1. The van der Waals surface area contributed by atoms with Crippen LogP contribution >= 0.6 is 0 Å². The van der Waals surface area contributed by atoms with E-state index in [-0.39, 0.29) is 11.7 Å². The fourth-order valence-electron chi connectivity index (χ4n) is 1.82. The summed E-state index contributed by atoms with van der Waals surface area (Å²) in [6, 6.07) is 0. The maximum atomic E-state index is 12.3. The van der Waals surface area contributed by atoms with Crippen LogP contribution in [0, 0.1) is 5.92 Å². The number of aliphatic hydroxyl groups is 1. The van der Waals surface area contributed by atoms with E-state index < -0.39 is 23.8 Å². The lowest BCUT2D eigenvalue weighted by Gasteiger charge is -2.31. The largest absolute Gasteiger partial charge is 0.444 e. The molecule has 0 spiro atoms. The summed E-state index contributed by atoms with van der Waals surface area (Å²) < 4.78 is 5.11. The Labute approximate surface area is 115 Å². The number of carbonyl (C=O) groups is 2. The van der Waals surface area contributed by atoms with Crippen LogP contribution < -0.4 is 5.32 Å². The minimum absolute atomic E-state index is 0.178. The number of nitrogens with one attached hydrogen (secondary N) is 1. The number of ketones is 1. The molecule has 0 aromatic carbocycles. The third kappa shape index (κ3) is 6.05. The molecule has 5 heteroatoms. The van der Waals surface area contributed by atoms with E-state index in [0.717, 1.165) is 12.8 Å². The van der Waals surface area contributed by atoms with Crippen molar-refractivity contribution in [3.8, 4) is 0 Å². The van der Waals surface area contributed by atoms with Gasteiger partial charge >= 0.3 is 6.09 Å². The number of amides is 1. The van der Waals surface area contributed by atoms with Gasteiger partial charge in [-0.1, -0.05) is 20.3 Å². The van der Waals surface area contributed by atoms with Gasteiger partial charge in [-0.25, -0.2) is 4.79 Å². The molecule has 0 heterocycles. The molecule has 5 nitrogen and oxygen atoms in total. The summed E-state index contributed by atoms with van der Waals surface area (Å²) in [5.74, 6) is -0.389. The summed E-state index contributed by atoms with van der Waals surface area (Å²) in [4.78, 5) is 24.0. The molecule has 0 bridgehead atoms. The molecule has 2 N–H and O–H groups in total. The van der Waals surface area contributed by atoms with E-state index in [9.17, 15) is 14.7 Å². The first-order valence-electron chi connectivity index (χ1n) is 6.72. The first-order chi connectivity index (χ1) is 8.55. The lowest BCUT2D eigenvalue weighted by molar-refractivity contribution is -0.130. The van der Waals surface area contributed by atoms with Crippen LogP contribution in [0.5, 0.6) is 0 Å². The molecule has 0 radical (unpaired) electrons. The Morgan fingerprint density at radius 2 is 1.79 bits per heavy atom. The molecular formula is C14H27NO4. The second-order valence-corrected chi connectivity index (χ2v) is 6.17. The predicted molar refractivity (Wildman–Crippen MR) is 73.9 cm³/mol. The second-order valence-electron chi connectivity index (χ2n) is 6.17. The number of aliphatic hydroxyl groups excluding tert-OH is 1. The van der Waals surface area contributed by atoms with Crippen molar-refractivity contribution in [3.05, 3.63) is 0 Å². The summed E-state index contributed by atoms with van der Waals surface area (Å²) in [7, 11) is 0. The number of carbonyl (C=O) groups excluding carboxylic acids is 2. The van der Waals surface area contributed by atoms with Crippen molar-refractivity contribution in [2.45, 2.75) is 65.5 Å². The molecule has 0 aromatic heterocycles. The molecule has 0 saturated carbocycles. The average Bonchev–Trinajstić information content (AvgIpc) is 2.25. The van der Waals surface area contributed by atoms with Crippen molar-refractivity contribution in [1.29, 1.82) is 0 Å². The monoisotopic (exact) mass is 273 g/mol. The van der Waals surface area contributed by atoms with E-state index in [1.807, 2.05) is 6.92 Å². The van der Waals surface area contributed by atoms with Crippen LogP contribution in [-0.4, -0.2) is 34.7 Å². The van der Waals surface area contributed by atoms with Crippen LogP contribution in [0.1, 0.15) is 54.4 Å². The molecule has 0 aliphatic rings. The number of alkyl carbamates (subject to hydrolysis) is 1. The molecule has 19 heavy (non-hydrogen) atoms. The molecule has 0 aromatic rings. The highest BCUT2D eigenvalue weighted by molar-refractivity contribution is 5.93. The molecule has 1 amide bonds. The van der Waals surface area contributed by atoms with Gasteiger partial charge in [0.15, 0.2) is 5.78 Å². The van der Waals surface area contributed by atoms with Gasteiger partial charge in [-0.2, -0.15) is 0 Å². The molecule has 2 atom stereocenters. The molecule has 1 unspecified atom stereocenters. The zero-order chi connectivity index (χ0) is 15.3. The SMILES string of the molecule is CCCC(C)C(=O)[C@](C)(CO)NC(=O)OC(C)(C)C. The quantitative estimate of drug-likeness (QED) is 0.778. The van der Waals surface area contributed by atoms with E-state index in [4.69, 9.17) is 4.74 Å². The summed E-state index contributed by atoms with van der Waals surface area (Å²) in [6.07, 6.45) is 0.909. The van der Waals surface area contributed by atoms with Crippen LogP contribution in [0.2, 0.25) is 0 Å². The highest BCUT2D eigenvalue weighted by Crippen LogP contribution is 2.17. The van der Waals surface area contributed by atoms with Crippen molar-refractivity contribution in [1.82, 2.24) is 5.32 Å². The highest BCUT2D eigenvalue weighted by Gasteiger charge is 2.37. The number of ether oxygens (including phenoxy) is 1. The van der Waals surface area contributed by atoms with Crippen molar-refractivity contribution in [2.24, 2.45) is 5.92 Å². The van der Waals surface area contributed by atoms with Crippen molar-refractivity contribution in [2.75, 3.05) is 6.61 Å². The van der Waals surface area contributed by atoms with Crippen LogP contribution in [0.3, 0.4) is 0 Å². The molecule has 112 valence electrons. The molecule has 0 aliphatic carbocycles. The van der Waals surface area contributed by atoms with Gasteiger partial charge in [-0.15, -0.1) is 0 Å². The van der Waals surface area contributed by atoms with Gasteiger partial charge < -0.3 is 15.2 Å². The van der Waals surface area contributed by atoms with Crippen molar-refractivity contribution < 1.29 is 19.4 Å².